The monoisotopic (exact) mass is 337 g/mol. The normalized spacial score (nSPS) is 12.0. The van der Waals surface area contributed by atoms with Crippen molar-refractivity contribution in [1.82, 2.24) is 0 Å². The summed E-state index contributed by atoms with van der Waals surface area (Å²) in [5.74, 6) is 0. The Balaban J connectivity index is 3.00. The number of hydrogen-bond acceptors (Lipinski definition) is 7. The average Bonchev–Trinajstić information content (AvgIpc) is 2.49. The van der Waals surface area contributed by atoms with Crippen molar-refractivity contribution in [3.63, 3.8) is 0 Å². The van der Waals surface area contributed by atoms with Crippen LogP contribution in [0.3, 0.4) is 0 Å². The molecule has 0 saturated carbocycles. The van der Waals surface area contributed by atoms with Crippen LogP contribution in [0.2, 0.25) is 0 Å². The lowest BCUT2D eigenvalue weighted by Gasteiger charge is -2.19. The van der Waals surface area contributed by atoms with E-state index in [4.69, 9.17) is 34.2 Å². The van der Waals surface area contributed by atoms with Gasteiger partial charge in [0.1, 0.15) is 0 Å². The van der Waals surface area contributed by atoms with Crippen LogP contribution in [0.25, 0.3) is 0 Å². The molecule has 0 radical (unpaired) electrons. The molecule has 0 atom stereocenters. The Morgan fingerprint density at radius 2 is 0.826 bits per heavy atom. The lowest BCUT2D eigenvalue weighted by molar-refractivity contribution is -0.0464. The minimum Gasteiger partial charge on any atom is -0.378 e. The molecule has 7 nitrogen and oxygen atoms in total. The second kappa shape index (κ2) is 16.6. The summed E-state index contributed by atoms with van der Waals surface area (Å²) in [5, 5.41) is 0. The summed E-state index contributed by atoms with van der Waals surface area (Å²) in [7, 11) is 0. The van der Waals surface area contributed by atoms with E-state index in [1.165, 1.54) is 0 Å². The van der Waals surface area contributed by atoms with Gasteiger partial charge in [-0.2, -0.15) is 0 Å². The molecule has 0 bridgehead atoms. The number of ether oxygens (including phenoxy) is 6. The molecule has 2 N–H and O–H groups in total. The molecule has 7 heteroatoms. The lowest BCUT2D eigenvalue weighted by Crippen LogP contribution is -2.22. The molecule has 0 aliphatic rings. The predicted molar refractivity (Wildman–Crippen MR) is 88.9 cm³/mol. The Morgan fingerprint density at radius 1 is 0.522 bits per heavy atom. The van der Waals surface area contributed by atoms with Crippen LogP contribution < -0.4 is 5.73 Å². The fourth-order valence-electron chi connectivity index (χ4n) is 1.47. The average molecular weight is 337 g/mol. The maximum atomic E-state index is 5.54. The summed E-state index contributed by atoms with van der Waals surface area (Å²) in [4.78, 5) is 0. The van der Waals surface area contributed by atoms with Crippen LogP contribution in [0, 0.1) is 0 Å². The molecule has 140 valence electrons. The highest BCUT2D eigenvalue weighted by Gasteiger charge is 2.08. The Morgan fingerprint density at radius 3 is 1.13 bits per heavy atom. The molecular formula is C16H35NO6. The maximum absolute atomic E-state index is 5.54. The van der Waals surface area contributed by atoms with Gasteiger partial charge in [-0.05, 0) is 20.8 Å². The molecule has 0 heterocycles. The van der Waals surface area contributed by atoms with E-state index in [1.807, 2.05) is 20.8 Å². The largest absolute Gasteiger partial charge is 0.378 e. The Hall–Kier alpha value is -0.280. The summed E-state index contributed by atoms with van der Waals surface area (Å²) in [6, 6.07) is 0. The molecule has 0 unspecified atom stereocenters. The topological polar surface area (TPSA) is 81.4 Å². The van der Waals surface area contributed by atoms with E-state index in [9.17, 15) is 0 Å². The van der Waals surface area contributed by atoms with Gasteiger partial charge in [0.05, 0.1) is 78.3 Å². The van der Waals surface area contributed by atoms with Crippen molar-refractivity contribution in [3.8, 4) is 0 Å². The van der Waals surface area contributed by atoms with Gasteiger partial charge in [0.25, 0.3) is 0 Å². The first-order valence-corrected chi connectivity index (χ1v) is 8.29. The fraction of sp³-hybridized carbons (Fsp3) is 1.00. The van der Waals surface area contributed by atoms with Crippen LogP contribution in [-0.2, 0) is 28.4 Å². The Bertz CT molecular complexity index is 235. The second-order valence-electron chi connectivity index (χ2n) is 5.81. The molecule has 0 spiro atoms. The molecule has 0 saturated heterocycles. The molecule has 0 aromatic rings. The van der Waals surface area contributed by atoms with Gasteiger partial charge in [-0.1, -0.05) is 0 Å². The zero-order valence-electron chi connectivity index (χ0n) is 15.0. The molecule has 0 aliphatic heterocycles. The smallest absolute Gasteiger partial charge is 0.0707 e. The highest BCUT2D eigenvalue weighted by Crippen LogP contribution is 2.05. The van der Waals surface area contributed by atoms with Crippen molar-refractivity contribution < 1.29 is 28.4 Å². The Labute approximate surface area is 140 Å². The van der Waals surface area contributed by atoms with Gasteiger partial charge in [-0.25, -0.2) is 0 Å². The van der Waals surface area contributed by atoms with E-state index >= 15 is 0 Å². The molecule has 0 aromatic heterocycles. The minimum atomic E-state index is -0.113. The first kappa shape index (κ1) is 22.7. The van der Waals surface area contributed by atoms with E-state index in [0.717, 1.165) is 0 Å². The molecule has 23 heavy (non-hydrogen) atoms. The third-order valence-corrected chi connectivity index (χ3v) is 2.51. The molecule has 0 aliphatic carbocycles. The van der Waals surface area contributed by atoms with E-state index in [0.29, 0.717) is 79.2 Å². The van der Waals surface area contributed by atoms with Crippen molar-refractivity contribution in [2.75, 3.05) is 79.2 Å². The molecule has 0 fully saturated rings. The fourth-order valence-corrected chi connectivity index (χ4v) is 1.47. The highest BCUT2D eigenvalue weighted by atomic mass is 16.6. The highest BCUT2D eigenvalue weighted by molar-refractivity contribution is 4.57. The van der Waals surface area contributed by atoms with Crippen molar-refractivity contribution in [3.05, 3.63) is 0 Å². The molecule has 0 amide bonds. The summed E-state index contributed by atoms with van der Waals surface area (Å²) in [6.07, 6.45) is 0. The van der Waals surface area contributed by atoms with Crippen LogP contribution >= 0.6 is 0 Å². The summed E-state index contributed by atoms with van der Waals surface area (Å²) in [6.45, 7) is 12.9. The van der Waals surface area contributed by atoms with E-state index in [1.54, 1.807) is 0 Å². The maximum Gasteiger partial charge on any atom is 0.0707 e. The van der Waals surface area contributed by atoms with Gasteiger partial charge >= 0.3 is 0 Å². The third-order valence-electron chi connectivity index (χ3n) is 2.51. The van der Waals surface area contributed by atoms with Gasteiger partial charge in [0, 0.05) is 6.54 Å². The van der Waals surface area contributed by atoms with E-state index < -0.39 is 0 Å². The van der Waals surface area contributed by atoms with E-state index in [2.05, 4.69) is 0 Å². The van der Waals surface area contributed by atoms with Crippen molar-refractivity contribution in [2.24, 2.45) is 5.73 Å². The Kier molecular flexibility index (Phi) is 16.4. The van der Waals surface area contributed by atoms with Crippen molar-refractivity contribution >= 4 is 0 Å². The van der Waals surface area contributed by atoms with Crippen molar-refractivity contribution in [1.29, 1.82) is 0 Å². The van der Waals surface area contributed by atoms with Crippen LogP contribution in [0.4, 0.5) is 0 Å². The first-order valence-electron chi connectivity index (χ1n) is 8.29. The summed E-state index contributed by atoms with van der Waals surface area (Å²) in [5.41, 5.74) is 5.18. The third kappa shape index (κ3) is 21.7. The minimum absolute atomic E-state index is 0.113. The zero-order valence-corrected chi connectivity index (χ0v) is 15.0. The summed E-state index contributed by atoms with van der Waals surface area (Å²) < 4.78 is 32.2. The zero-order chi connectivity index (χ0) is 17.2. The van der Waals surface area contributed by atoms with Gasteiger partial charge in [0.2, 0.25) is 0 Å². The summed E-state index contributed by atoms with van der Waals surface area (Å²) >= 11 is 0. The van der Waals surface area contributed by atoms with Crippen LogP contribution in [0.15, 0.2) is 0 Å². The first-order chi connectivity index (χ1) is 11.1. The quantitative estimate of drug-likeness (QED) is 0.394. The number of rotatable bonds is 17. The van der Waals surface area contributed by atoms with Gasteiger partial charge in [-0.15, -0.1) is 0 Å². The SMILES string of the molecule is CC(C)(C)OCCOCCOCCOCCOCCOCCN. The molecular weight excluding hydrogens is 302 g/mol. The van der Waals surface area contributed by atoms with Gasteiger partial charge < -0.3 is 34.2 Å². The molecule has 0 aromatic carbocycles. The second-order valence-corrected chi connectivity index (χ2v) is 5.81. The standard InChI is InChI=1S/C16H35NO6/c1-16(2,3)23-15-14-22-13-12-21-11-10-20-9-8-19-7-6-18-5-4-17/h4-15,17H2,1-3H3. The lowest BCUT2D eigenvalue weighted by atomic mass is 10.2. The molecule has 0 rings (SSSR count). The van der Waals surface area contributed by atoms with Crippen LogP contribution in [-0.4, -0.2) is 84.8 Å². The number of nitrogens with two attached hydrogens (primary N) is 1. The number of hydrogen-bond donors (Lipinski definition) is 1. The predicted octanol–water partition coefficient (Wildman–Crippen LogP) is 0.843. The van der Waals surface area contributed by atoms with Crippen LogP contribution in [0.5, 0.6) is 0 Å². The van der Waals surface area contributed by atoms with E-state index in [-0.39, 0.29) is 5.60 Å². The van der Waals surface area contributed by atoms with Gasteiger partial charge in [0.15, 0.2) is 0 Å². The van der Waals surface area contributed by atoms with Gasteiger partial charge in [-0.3, -0.25) is 0 Å². The van der Waals surface area contributed by atoms with Crippen LogP contribution in [0.1, 0.15) is 20.8 Å². The van der Waals surface area contributed by atoms with Crippen molar-refractivity contribution in [2.45, 2.75) is 26.4 Å².